The molecule has 2 aromatic rings. The van der Waals surface area contributed by atoms with Crippen LogP contribution in [0.15, 0.2) is 12.7 Å². The molecule has 8 heteroatoms. The zero-order valence-electron chi connectivity index (χ0n) is 12.0. The van der Waals surface area contributed by atoms with Gasteiger partial charge in [-0.3, -0.25) is 4.90 Å². The lowest BCUT2D eigenvalue weighted by Gasteiger charge is -2.39. The zero-order valence-corrected chi connectivity index (χ0v) is 12.8. The van der Waals surface area contributed by atoms with Crippen LogP contribution in [-0.2, 0) is 0 Å². The standard InChI is InChI=1S/C13H19N7S/c1-2-9(11(14)21)19-3-5-20(6-4-19)13-10-12(16-7-15-10)17-8-18-13/h7-9H,2-6H2,1H3,(H2,14,21)(H,15,16,17,18). The Balaban J connectivity index is 1.74. The summed E-state index contributed by atoms with van der Waals surface area (Å²) in [5, 5.41) is 0. The van der Waals surface area contributed by atoms with Crippen molar-refractivity contribution in [2.75, 3.05) is 31.1 Å². The molecule has 3 rings (SSSR count). The quantitative estimate of drug-likeness (QED) is 0.797. The maximum absolute atomic E-state index is 5.83. The van der Waals surface area contributed by atoms with Crippen molar-refractivity contribution in [3.8, 4) is 0 Å². The second-order valence-corrected chi connectivity index (χ2v) is 5.62. The number of H-pyrrole nitrogens is 1. The molecule has 0 amide bonds. The van der Waals surface area contributed by atoms with Crippen molar-refractivity contribution >= 4 is 34.2 Å². The van der Waals surface area contributed by atoms with Crippen molar-refractivity contribution < 1.29 is 0 Å². The SMILES string of the molecule is CCC(C(N)=S)N1CCN(c2ncnc3nc[nH]c23)CC1. The third-order valence-electron chi connectivity index (χ3n) is 3.97. The van der Waals surface area contributed by atoms with E-state index < -0.39 is 0 Å². The Labute approximate surface area is 128 Å². The number of fused-ring (bicyclic) bond motifs is 1. The summed E-state index contributed by atoms with van der Waals surface area (Å²) in [6.45, 7) is 5.76. The number of hydrogen-bond acceptors (Lipinski definition) is 6. The van der Waals surface area contributed by atoms with E-state index in [4.69, 9.17) is 18.0 Å². The number of aromatic amines is 1. The highest BCUT2D eigenvalue weighted by Gasteiger charge is 2.26. The normalized spacial score (nSPS) is 18.0. The molecule has 3 N–H and O–H groups in total. The number of hydrogen-bond donors (Lipinski definition) is 2. The van der Waals surface area contributed by atoms with Gasteiger partial charge in [-0.1, -0.05) is 19.1 Å². The zero-order chi connectivity index (χ0) is 14.8. The fourth-order valence-electron chi connectivity index (χ4n) is 2.88. The van der Waals surface area contributed by atoms with Crippen LogP contribution < -0.4 is 10.6 Å². The Kier molecular flexibility index (Phi) is 3.98. The molecule has 0 bridgehead atoms. The van der Waals surface area contributed by atoms with Crippen LogP contribution in [0, 0.1) is 0 Å². The summed E-state index contributed by atoms with van der Waals surface area (Å²) < 4.78 is 0. The topological polar surface area (TPSA) is 87.0 Å². The molecule has 21 heavy (non-hydrogen) atoms. The van der Waals surface area contributed by atoms with E-state index in [-0.39, 0.29) is 6.04 Å². The summed E-state index contributed by atoms with van der Waals surface area (Å²) in [7, 11) is 0. The number of thiocarbonyl (C=S) groups is 1. The Morgan fingerprint density at radius 1 is 1.33 bits per heavy atom. The van der Waals surface area contributed by atoms with Gasteiger partial charge in [0, 0.05) is 26.2 Å². The molecule has 1 unspecified atom stereocenters. The van der Waals surface area contributed by atoms with Crippen LogP contribution >= 0.6 is 12.2 Å². The Morgan fingerprint density at radius 2 is 2.10 bits per heavy atom. The second kappa shape index (κ2) is 5.90. The van der Waals surface area contributed by atoms with E-state index in [2.05, 4.69) is 36.7 Å². The largest absolute Gasteiger partial charge is 0.392 e. The third kappa shape index (κ3) is 2.68. The fraction of sp³-hybridized carbons (Fsp3) is 0.538. The number of nitrogens with two attached hydrogens (primary N) is 1. The van der Waals surface area contributed by atoms with Gasteiger partial charge >= 0.3 is 0 Å². The molecule has 112 valence electrons. The molecule has 0 aromatic carbocycles. The number of rotatable bonds is 4. The highest BCUT2D eigenvalue weighted by molar-refractivity contribution is 7.80. The molecular formula is C13H19N7S. The van der Waals surface area contributed by atoms with Gasteiger partial charge in [-0.2, -0.15) is 0 Å². The Morgan fingerprint density at radius 3 is 2.76 bits per heavy atom. The molecule has 1 atom stereocenters. The third-order valence-corrected chi connectivity index (χ3v) is 4.24. The highest BCUT2D eigenvalue weighted by Crippen LogP contribution is 2.21. The summed E-state index contributed by atoms with van der Waals surface area (Å²) in [5.41, 5.74) is 7.43. The lowest BCUT2D eigenvalue weighted by molar-refractivity contribution is 0.224. The summed E-state index contributed by atoms with van der Waals surface area (Å²) in [4.78, 5) is 21.0. The summed E-state index contributed by atoms with van der Waals surface area (Å²) in [6.07, 6.45) is 4.17. The van der Waals surface area contributed by atoms with Gasteiger partial charge in [0.05, 0.1) is 17.4 Å². The first-order valence-corrected chi connectivity index (χ1v) is 7.54. The van der Waals surface area contributed by atoms with E-state index in [9.17, 15) is 0 Å². The lowest BCUT2D eigenvalue weighted by atomic mass is 10.1. The average Bonchev–Trinajstić information content (AvgIpc) is 2.97. The van der Waals surface area contributed by atoms with Crippen molar-refractivity contribution in [1.29, 1.82) is 0 Å². The number of nitrogens with one attached hydrogen (secondary N) is 1. The van der Waals surface area contributed by atoms with Crippen LogP contribution in [0.3, 0.4) is 0 Å². The van der Waals surface area contributed by atoms with E-state index in [1.54, 1.807) is 12.7 Å². The van der Waals surface area contributed by atoms with Gasteiger partial charge in [-0.05, 0) is 6.42 Å². The highest BCUT2D eigenvalue weighted by atomic mass is 32.1. The van der Waals surface area contributed by atoms with Crippen molar-refractivity contribution in [2.24, 2.45) is 5.73 Å². The van der Waals surface area contributed by atoms with Gasteiger partial charge in [0.2, 0.25) is 0 Å². The minimum atomic E-state index is 0.194. The van der Waals surface area contributed by atoms with Crippen LogP contribution in [0.25, 0.3) is 11.2 Å². The fourth-order valence-corrected chi connectivity index (χ4v) is 3.19. The molecule has 0 aliphatic carbocycles. The monoisotopic (exact) mass is 305 g/mol. The molecule has 1 saturated heterocycles. The number of aromatic nitrogens is 4. The molecule has 1 aliphatic rings. The van der Waals surface area contributed by atoms with Gasteiger partial charge in [-0.15, -0.1) is 0 Å². The molecule has 0 radical (unpaired) electrons. The van der Waals surface area contributed by atoms with Crippen LogP contribution in [0.5, 0.6) is 0 Å². The van der Waals surface area contributed by atoms with E-state index in [1.165, 1.54) is 0 Å². The van der Waals surface area contributed by atoms with Gasteiger partial charge in [0.25, 0.3) is 0 Å². The predicted octanol–water partition coefficient (Wildman–Crippen LogP) is 0.540. The van der Waals surface area contributed by atoms with E-state index >= 15 is 0 Å². The average molecular weight is 305 g/mol. The van der Waals surface area contributed by atoms with Crippen molar-refractivity contribution in [1.82, 2.24) is 24.8 Å². The maximum atomic E-state index is 5.83. The molecule has 1 fully saturated rings. The van der Waals surface area contributed by atoms with E-state index in [0.29, 0.717) is 10.6 Å². The summed E-state index contributed by atoms with van der Waals surface area (Å²) in [5.74, 6) is 0.917. The van der Waals surface area contributed by atoms with Crippen LogP contribution in [0.1, 0.15) is 13.3 Å². The maximum Gasteiger partial charge on any atom is 0.182 e. The van der Waals surface area contributed by atoms with E-state index in [1.807, 2.05) is 0 Å². The predicted molar refractivity (Wildman–Crippen MR) is 86.3 cm³/mol. The molecule has 2 aromatic heterocycles. The molecular weight excluding hydrogens is 286 g/mol. The van der Waals surface area contributed by atoms with Gasteiger partial charge in [0.15, 0.2) is 11.5 Å². The first-order valence-electron chi connectivity index (χ1n) is 7.13. The number of nitrogens with zero attached hydrogens (tertiary/aromatic N) is 5. The smallest absolute Gasteiger partial charge is 0.182 e. The summed E-state index contributed by atoms with van der Waals surface area (Å²) in [6, 6.07) is 0.194. The number of piperazine rings is 1. The van der Waals surface area contributed by atoms with Crippen molar-refractivity contribution in [3.63, 3.8) is 0 Å². The first kappa shape index (κ1) is 14.2. The van der Waals surface area contributed by atoms with Crippen molar-refractivity contribution in [2.45, 2.75) is 19.4 Å². The Hall–Kier alpha value is -1.80. The molecule has 7 nitrogen and oxygen atoms in total. The first-order chi connectivity index (χ1) is 10.2. The van der Waals surface area contributed by atoms with Gasteiger partial charge in [-0.25, -0.2) is 15.0 Å². The van der Waals surface area contributed by atoms with Crippen LogP contribution in [0.4, 0.5) is 5.82 Å². The molecule has 1 aliphatic heterocycles. The van der Waals surface area contributed by atoms with Gasteiger partial charge < -0.3 is 15.6 Å². The van der Waals surface area contributed by atoms with Crippen molar-refractivity contribution in [3.05, 3.63) is 12.7 Å². The Bertz CT molecular complexity index is 632. The van der Waals surface area contributed by atoms with E-state index in [0.717, 1.165) is 43.9 Å². The van der Waals surface area contributed by atoms with Gasteiger partial charge in [0.1, 0.15) is 11.8 Å². The second-order valence-electron chi connectivity index (χ2n) is 5.15. The molecule has 3 heterocycles. The number of anilines is 1. The molecule has 0 spiro atoms. The van der Waals surface area contributed by atoms with Crippen LogP contribution in [0.2, 0.25) is 0 Å². The minimum absolute atomic E-state index is 0.194. The minimum Gasteiger partial charge on any atom is -0.392 e. The number of imidazole rings is 1. The van der Waals surface area contributed by atoms with Crippen LogP contribution in [-0.4, -0.2) is 62.0 Å². The lowest BCUT2D eigenvalue weighted by Crippen LogP contribution is -2.53. The molecule has 0 saturated carbocycles. The summed E-state index contributed by atoms with van der Waals surface area (Å²) >= 11 is 5.16.